The Morgan fingerprint density at radius 2 is 2.04 bits per heavy atom. The fraction of sp³-hybridized carbons (Fsp3) is 0.0625. The van der Waals surface area contributed by atoms with E-state index in [2.05, 4.69) is 33.2 Å². The lowest BCUT2D eigenvalue weighted by atomic mass is 10.2. The molecule has 0 spiro atoms. The number of anilines is 1. The van der Waals surface area contributed by atoms with Crippen LogP contribution in [0.25, 0.3) is 6.08 Å². The zero-order chi connectivity index (χ0) is 17.3. The maximum atomic E-state index is 13.7. The van der Waals surface area contributed by atoms with Crippen LogP contribution in [0.15, 0.2) is 41.3 Å². The Balaban J connectivity index is 1.82. The van der Waals surface area contributed by atoms with Crippen LogP contribution in [0.3, 0.4) is 0 Å². The highest BCUT2D eigenvalue weighted by Crippen LogP contribution is 2.34. The molecular weight excluding hydrogens is 557 g/mol. The highest BCUT2D eigenvalue weighted by atomic mass is 127. The number of phenols is 1. The summed E-state index contributed by atoms with van der Waals surface area (Å²) in [5, 5.41) is 15.8. The summed E-state index contributed by atoms with van der Waals surface area (Å²) in [4.78, 5) is 12.6. The molecular formula is C16H11FI2N2O2S. The molecule has 1 aliphatic heterocycles. The Hall–Kier alpha value is -1.01. The number of aromatic hydroxyl groups is 1. The number of hydrogen-bond donors (Lipinski definition) is 3. The fourth-order valence-electron chi connectivity index (χ4n) is 2.12. The summed E-state index contributed by atoms with van der Waals surface area (Å²) in [6.45, 7) is 0. The molecule has 1 saturated heterocycles. The van der Waals surface area contributed by atoms with Crippen LogP contribution < -0.4 is 10.6 Å². The number of amides is 1. The second-order valence-electron chi connectivity index (χ2n) is 4.93. The minimum atomic E-state index is -0.468. The molecule has 0 saturated carbocycles. The Morgan fingerprint density at radius 1 is 1.29 bits per heavy atom. The van der Waals surface area contributed by atoms with E-state index < -0.39 is 5.50 Å². The van der Waals surface area contributed by atoms with E-state index in [1.165, 1.54) is 17.8 Å². The van der Waals surface area contributed by atoms with Crippen molar-refractivity contribution < 1.29 is 14.3 Å². The number of para-hydroxylation sites is 1. The number of carbonyl (C=O) groups is 1. The van der Waals surface area contributed by atoms with Gasteiger partial charge in [-0.15, -0.1) is 0 Å². The van der Waals surface area contributed by atoms with Gasteiger partial charge in [0.1, 0.15) is 11.6 Å². The van der Waals surface area contributed by atoms with Gasteiger partial charge in [-0.05, 0) is 75.5 Å². The van der Waals surface area contributed by atoms with E-state index in [1.807, 2.05) is 28.7 Å². The van der Waals surface area contributed by atoms with Gasteiger partial charge >= 0.3 is 0 Å². The first-order chi connectivity index (χ1) is 11.4. The fourth-order valence-corrected chi connectivity index (χ4v) is 4.98. The molecule has 4 nitrogen and oxygen atoms in total. The minimum Gasteiger partial charge on any atom is -0.506 e. The Bertz CT molecular complexity index is 845. The van der Waals surface area contributed by atoms with E-state index >= 15 is 0 Å². The highest BCUT2D eigenvalue weighted by Gasteiger charge is 2.28. The van der Waals surface area contributed by atoms with Crippen molar-refractivity contribution in [2.45, 2.75) is 5.50 Å². The molecule has 0 aromatic heterocycles. The lowest BCUT2D eigenvalue weighted by Crippen LogP contribution is -2.31. The standard InChI is InChI=1S/C16H11FI2N2O2S/c17-10-3-1-2-4-12(10)20-16-21-15(23)13(24-16)6-8-5-9(18)7-11(19)14(8)22/h1-7,16,20,22H,(H,21,23)/b13-6-. The SMILES string of the molecule is O=C1NC(Nc2ccccc2F)S/C1=C\c1cc(I)cc(I)c1O. The number of thioether (sulfide) groups is 1. The summed E-state index contributed by atoms with van der Waals surface area (Å²) in [5.41, 5.74) is 0.434. The number of halogens is 3. The number of carbonyl (C=O) groups excluding carboxylic acids is 1. The summed E-state index contributed by atoms with van der Waals surface area (Å²) in [6.07, 6.45) is 1.64. The zero-order valence-electron chi connectivity index (χ0n) is 12.0. The molecule has 0 aliphatic carbocycles. The maximum absolute atomic E-state index is 13.7. The monoisotopic (exact) mass is 568 g/mol. The molecule has 0 radical (unpaired) electrons. The van der Waals surface area contributed by atoms with Crippen molar-refractivity contribution in [2.24, 2.45) is 0 Å². The van der Waals surface area contributed by atoms with E-state index in [0.29, 0.717) is 16.2 Å². The van der Waals surface area contributed by atoms with Gasteiger partial charge in [0.2, 0.25) is 0 Å². The first kappa shape index (κ1) is 17.8. The van der Waals surface area contributed by atoms with Crippen LogP contribution in [0, 0.1) is 13.0 Å². The van der Waals surface area contributed by atoms with Crippen LogP contribution in [0.2, 0.25) is 0 Å². The maximum Gasteiger partial charge on any atom is 0.260 e. The normalized spacial score (nSPS) is 18.7. The molecule has 124 valence electrons. The first-order valence-electron chi connectivity index (χ1n) is 6.82. The molecule has 1 fully saturated rings. The second-order valence-corrected chi connectivity index (χ2v) is 8.48. The van der Waals surface area contributed by atoms with Gasteiger partial charge in [0.15, 0.2) is 5.50 Å². The molecule has 0 bridgehead atoms. The summed E-state index contributed by atoms with van der Waals surface area (Å²) >= 11 is 5.44. The van der Waals surface area contributed by atoms with Crippen molar-refractivity contribution in [1.29, 1.82) is 0 Å². The molecule has 2 aromatic carbocycles. The van der Waals surface area contributed by atoms with Crippen molar-refractivity contribution in [1.82, 2.24) is 5.32 Å². The van der Waals surface area contributed by atoms with Gasteiger partial charge < -0.3 is 15.7 Å². The summed E-state index contributed by atoms with van der Waals surface area (Å²) < 4.78 is 15.4. The van der Waals surface area contributed by atoms with E-state index in [1.54, 1.807) is 30.3 Å². The second kappa shape index (κ2) is 7.48. The Labute approximate surface area is 169 Å². The van der Waals surface area contributed by atoms with Crippen LogP contribution in [0.1, 0.15) is 5.56 Å². The van der Waals surface area contributed by atoms with Gasteiger partial charge in [-0.25, -0.2) is 4.39 Å². The quantitative estimate of drug-likeness (QED) is 0.381. The zero-order valence-corrected chi connectivity index (χ0v) is 17.1. The van der Waals surface area contributed by atoms with E-state index in [4.69, 9.17) is 0 Å². The van der Waals surface area contributed by atoms with E-state index in [9.17, 15) is 14.3 Å². The molecule has 8 heteroatoms. The van der Waals surface area contributed by atoms with Gasteiger partial charge in [-0.2, -0.15) is 0 Å². The van der Waals surface area contributed by atoms with Crippen molar-refractivity contribution >= 4 is 74.6 Å². The molecule has 2 aromatic rings. The summed E-state index contributed by atoms with van der Waals surface area (Å²) in [5.74, 6) is -0.501. The lowest BCUT2D eigenvalue weighted by molar-refractivity contribution is -0.116. The number of benzene rings is 2. The average Bonchev–Trinajstić information content (AvgIpc) is 2.86. The molecule has 3 rings (SSSR count). The van der Waals surface area contributed by atoms with Crippen LogP contribution >= 0.6 is 56.9 Å². The third-order valence-electron chi connectivity index (χ3n) is 3.24. The molecule has 1 amide bonds. The molecule has 3 N–H and O–H groups in total. The highest BCUT2D eigenvalue weighted by molar-refractivity contribution is 14.1. The third-order valence-corrected chi connectivity index (χ3v) is 5.71. The van der Waals surface area contributed by atoms with Crippen molar-refractivity contribution in [3.05, 3.63) is 59.8 Å². The summed E-state index contributed by atoms with van der Waals surface area (Å²) in [7, 11) is 0. The molecule has 24 heavy (non-hydrogen) atoms. The van der Waals surface area contributed by atoms with Crippen LogP contribution in [-0.4, -0.2) is 16.5 Å². The van der Waals surface area contributed by atoms with Crippen LogP contribution in [0.4, 0.5) is 10.1 Å². The smallest absolute Gasteiger partial charge is 0.260 e. The molecule has 1 heterocycles. The predicted molar refractivity (Wildman–Crippen MR) is 111 cm³/mol. The van der Waals surface area contributed by atoms with Gasteiger partial charge in [0, 0.05) is 9.13 Å². The summed E-state index contributed by atoms with van der Waals surface area (Å²) in [6, 6.07) is 9.94. The van der Waals surface area contributed by atoms with E-state index in [0.717, 1.165) is 7.14 Å². The molecule has 1 atom stereocenters. The Kier molecular flexibility index (Phi) is 5.55. The van der Waals surface area contributed by atoms with Gasteiger partial charge in [-0.1, -0.05) is 23.9 Å². The van der Waals surface area contributed by atoms with Gasteiger partial charge in [0.25, 0.3) is 5.91 Å². The number of rotatable bonds is 3. The van der Waals surface area contributed by atoms with Crippen molar-refractivity contribution in [3.8, 4) is 5.75 Å². The molecule has 1 aliphatic rings. The molecule has 1 unspecified atom stereocenters. The first-order valence-corrected chi connectivity index (χ1v) is 9.86. The minimum absolute atomic E-state index is 0.141. The van der Waals surface area contributed by atoms with Crippen molar-refractivity contribution in [3.63, 3.8) is 0 Å². The topological polar surface area (TPSA) is 61.4 Å². The largest absolute Gasteiger partial charge is 0.506 e. The van der Waals surface area contributed by atoms with Gasteiger partial charge in [0.05, 0.1) is 14.2 Å². The number of hydrogen-bond acceptors (Lipinski definition) is 4. The average molecular weight is 568 g/mol. The van der Waals surface area contributed by atoms with Crippen LogP contribution in [-0.2, 0) is 4.79 Å². The predicted octanol–water partition coefficient (Wildman–Crippen LogP) is 4.34. The number of nitrogens with one attached hydrogen (secondary N) is 2. The van der Waals surface area contributed by atoms with Crippen molar-refractivity contribution in [2.75, 3.05) is 5.32 Å². The Morgan fingerprint density at radius 3 is 2.79 bits per heavy atom. The van der Waals surface area contributed by atoms with Gasteiger partial charge in [-0.3, -0.25) is 4.79 Å². The van der Waals surface area contributed by atoms with E-state index in [-0.39, 0.29) is 17.5 Å². The number of phenolic OH excluding ortho intramolecular Hbond substituents is 1. The van der Waals surface area contributed by atoms with Crippen LogP contribution in [0.5, 0.6) is 5.75 Å². The third kappa shape index (κ3) is 3.97. The lowest BCUT2D eigenvalue weighted by Gasteiger charge is -2.13.